The number of furan rings is 1. The van der Waals surface area contributed by atoms with Crippen molar-refractivity contribution in [2.45, 2.75) is 38.0 Å². The molecule has 5 nitrogen and oxygen atoms in total. The maximum atomic E-state index is 10.9. The number of ether oxygens (including phenoxy) is 1. The number of rotatable bonds is 5. The van der Waals surface area contributed by atoms with Gasteiger partial charge in [0.15, 0.2) is 0 Å². The summed E-state index contributed by atoms with van der Waals surface area (Å²) < 4.78 is 11.0. The molecule has 2 fully saturated rings. The van der Waals surface area contributed by atoms with Crippen molar-refractivity contribution in [2.75, 3.05) is 6.54 Å². The monoisotopic (exact) mass is 251 g/mol. The van der Waals surface area contributed by atoms with Crippen molar-refractivity contribution in [1.29, 1.82) is 0 Å². The SMILES string of the molecule is O=C(O)c1ccoc1CNCC1CC2CCC1O2. The van der Waals surface area contributed by atoms with Crippen LogP contribution in [-0.2, 0) is 11.3 Å². The van der Waals surface area contributed by atoms with E-state index in [1.165, 1.54) is 18.8 Å². The van der Waals surface area contributed by atoms with Crippen molar-refractivity contribution in [2.24, 2.45) is 5.92 Å². The van der Waals surface area contributed by atoms with E-state index in [9.17, 15) is 4.79 Å². The molecule has 98 valence electrons. The fraction of sp³-hybridized carbons (Fsp3) is 0.615. The van der Waals surface area contributed by atoms with Crippen LogP contribution >= 0.6 is 0 Å². The van der Waals surface area contributed by atoms with Gasteiger partial charge in [0, 0.05) is 12.5 Å². The molecule has 3 heterocycles. The molecule has 2 aliphatic rings. The highest BCUT2D eigenvalue weighted by molar-refractivity contribution is 5.88. The van der Waals surface area contributed by atoms with Gasteiger partial charge in [-0.15, -0.1) is 0 Å². The first-order valence-electron chi connectivity index (χ1n) is 6.40. The molecular formula is C13H17NO4. The largest absolute Gasteiger partial charge is 0.478 e. The van der Waals surface area contributed by atoms with Crippen LogP contribution in [0, 0.1) is 5.92 Å². The number of hydrogen-bond acceptors (Lipinski definition) is 4. The fourth-order valence-electron chi connectivity index (χ4n) is 3.00. The topological polar surface area (TPSA) is 71.7 Å². The zero-order chi connectivity index (χ0) is 12.5. The summed E-state index contributed by atoms with van der Waals surface area (Å²) in [5.74, 6) is 0.113. The van der Waals surface area contributed by atoms with E-state index in [1.807, 2.05) is 0 Å². The molecule has 3 atom stereocenters. The molecule has 0 spiro atoms. The number of carboxylic acids is 1. The number of carboxylic acid groups (broad SMARTS) is 1. The Balaban J connectivity index is 1.50. The van der Waals surface area contributed by atoms with Gasteiger partial charge in [-0.05, 0) is 25.3 Å². The second-order valence-corrected chi connectivity index (χ2v) is 5.06. The van der Waals surface area contributed by atoms with E-state index in [0.29, 0.717) is 30.4 Å². The minimum Gasteiger partial charge on any atom is -0.478 e. The standard InChI is InChI=1S/C13H17NO4/c15-13(16)10-3-4-17-12(10)7-14-6-8-5-9-1-2-11(8)18-9/h3-4,8-9,11,14H,1-2,5-7H2,(H,15,16). The summed E-state index contributed by atoms with van der Waals surface area (Å²) in [7, 11) is 0. The normalized spacial score (nSPS) is 29.9. The van der Waals surface area contributed by atoms with Gasteiger partial charge < -0.3 is 19.6 Å². The molecule has 0 saturated carbocycles. The van der Waals surface area contributed by atoms with Gasteiger partial charge in [-0.2, -0.15) is 0 Å². The number of hydrogen-bond donors (Lipinski definition) is 2. The highest BCUT2D eigenvalue weighted by Crippen LogP contribution is 2.38. The molecule has 2 saturated heterocycles. The van der Waals surface area contributed by atoms with Crippen molar-refractivity contribution in [1.82, 2.24) is 5.32 Å². The van der Waals surface area contributed by atoms with Gasteiger partial charge in [-0.25, -0.2) is 4.79 Å². The Morgan fingerprint density at radius 1 is 1.50 bits per heavy atom. The Morgan fingerprint density at radius 3 is 3.06 bits per heavy atom. The summed E-state index contributed by atoms with van der Waals surface area (Å²) in [6.45, 7) is 1.32. The van der Waals surface area contributed by atoms with E-state index in [0.717, 1.165) is 19.4 Å². The Morgan fingerprint density at radius 2 is 2.39 bits per heavy atom. The summed E-state index contributed by atoms with van der Waals surface area (Å²) >= 11 is 0. The van der Waals surface area contributed by atoms with Crippen molar-refractivity contribution < 1.29 is 19.1 Å². The molecule has 0 aromatic carbocycles. The molecule has 5 heteroatoms. The molecule has 0 aliphatic carbocycles. The van der Waals surface area contributed by atoms with Crippen LogP contribution in [-0.4, -0.2) is 29.8 Å². The van der Waals surface area contributed by atoms with Crippen LogP contribution in [0.2, 0.25) is 0 Å². The van der Waals surface area contributed by atoms with Gasteiger partial charge in [0.25, 0.3) is 0 Å². The quantitative estimate of drug-likeness (QED) is 0.832. The van der Waals surface area contributed by atoms with Crippen LogP contribution in [0.3, 0.4) is 0 Å². The van der Waals surface area contributed by atoms with Gasteiger partial charge in [0.05, 0.1) is 25.0 Å². The van der Waals surface area contributed by atoms with E-state index < -0.39 is 5.97 Å². The van der Waals surface area contributed by atoms with E-state index in [2.05, 4.69) is 5.32 Å². The molecule has 1 aromatic heterocycles. The fourth-order valence-corrected chi connectivity index (χ4v) is 3.00. The number of aromatic carboxylic acids is 1. The molecule has 2 aliphatic heterocycles. The number of nitrogens with one attached hydrogen (secondary N) is 1. The summed E-state index contributed by atoms with van der Waals surface area (Å²) in [6.07, 6.45) is 5.77. The zero-order valence-electron chi connectivity index (χ0n) is 10.1. The van der Waals surface area contributed by atoms with Crippen molar-refractivity contribution in [3.05, 3.63) is 23.7 Å². The maximum Gasteiger partial charge on any atom is 0.339 e. The lowest BCUT2D eigenvalue weighted by molar-refractivity contribution is 0.0693. The van der Waals surface area contributed by atoms with Gasteiger partial charge in [-0.1, -0.05) is 0 Å². The highest BCUT2D eigenvalue weighted by Gasteiger charge is 2.40. The zero-order valence-corrected chi connectivity index (χ0v) is 10.1. The molecule has 2 N–H and O–H groups in total. The Labute approximate surface area is 105 Å². The minimum atomic E-state index is -0.941. The van der Waals surface area contributed by atoms with Crippen LogP contribution in [0.4, 0.5) is 0 Å². The lowest BCUT2D eigenvalue weighted by Crippen LogP contribution is -2.29. The van der Waals surface area contributed by atoms with Crippen LogP contribution in [0.15, 0.2) is 16.7 Å². The van der Waals surface area contributed by atoms with E-state index in [-0.39, 0.29) is 5.56 Å². The number of carbonyl (C=O) groups is 1. The van der Waals surface area contributed by atoms with E-state index in [4.69, 9.17) is 14.3 Å². The van der Waals surface area contributed by atoms with Crippen LogP contribution in [0.1, 0.15) is 35.4 Å². The third-order valence-corrected chi connectivity index (χ3v) is 3.90. The van der Waals surface area contributed by atoms with Gasteiger partial charge in [0.1, 0.15) is 11.3 Å². The molecule has 0 amide bonds. The van der Waals surface area contributed by atoms with Crippen LogP contribution in [0.25, 0.3) is 0 Å². The van der Waals surface area contributed by atoms with Crippen molar-refractivity contribution in [3.8, 4) is 0 Å². The Kier molecular flexibility index (Phi) is 3.09. The third-order valence-electron chi connectivity index (χ3n) is 3.90. The van der Waals surface area contributed by atoms with Crippen LogP contribution < -0.4 is 5.32 Å². The van der Waals surface area contributed by atoms with Gasteiger partial charge in [-0.3, -0.25) is 0 Å². The lowest BCUT2D eigenvalue weighted by atomic mass is 9.89. The average molecular weight is 251 g/mol. The summed E-state index contributed by atoms with van der Waals surface area (Å²) in [5.41, 5.74) is 0.242. The Bertz CT molecular complexity index is 442. The first kappa shape index (κ1) is 11.7. The minimum absolute atomic E-state index is 0.242. The van der Waals surface area contributed by atoms with Gasteiger partial charge >= 0.3 is 5.97 Å². The second kappa shape index (κ2) is 4.74. The lowest BCUT2D eigenvalue weighted by Gasteiger charge is -2.18. The predicted molar refractivity (Wildman–Crippen MR) is 63.4 cm³/mol. The molecule has 3 rings (SSSR count). The summed E-state index contributed by atoms with van der Waals surface area (Å²) in [6, 6.07) is 1.49. The molecule has 0 radical (unpaired) electrons. The van der Waals surface area contributed by atoms with Crippen molar-refractivity contribution in [3.63, 3.8) is 0 Å². The third kappa shape index (κ3) is 2.15. The van der Waals surface area contributed by atoms with Crippen molar-refractivity contribution >= 4 is 5.97 Å². The number of fused-ring (bicyclic) bond motifs is 2. The highest BCUT2D eigenvalue weighted by atomic mass is 16.5. The predicted octanol–water partition coefficient (Wildman–Crippen LogP) is 1.63. The second-order valence-electron chi connectivity index (χ2n) is 5.06. The smallest absolute Gasteiger partial charge is 0.339 e. The maximum absolute atomic E-state index is 10.9. The average Bonchev–Trinajstić information content (AvgIpc) is 3.03. The first-order valence-corrected chi connectivity index (χ1v) is 6.40. The molecule has 2 bridgehead atoms. The Hall–Kier alpha value is -1.33. The first-order chi connectivity index (χ1) is 8.74. The molecule has 1 aromatic rings. The summed E-state index contributed by atoms with van der Waals surface area (Å²) in [5, 5.41) is 12.2. The van der Waals surface area contributed by atoms with E-state index in [1.54, 1.807) is 0 Å². The van der Waals surface area contributed by atoms with E-state index >= 15 is 0 Å². The van der Waals surface area contributed by atoms with Gasteiger partial charge in [0.2, 0.25) is 0 Å². The summed E-state index contributed by atoms with van der Waals surface area (Å²) in [4.78, 5) is 10.9. The molecule has 18 heavy (non-hydrogen) atoms. The van der Waals surface area contributed by atoms with Crippen LogP contribution in [0.5, 0.6) is 0 Å². The molecule has 3 unspecified atom stereocenters. The molecular weight excluding hydrogens is 234 g/mol.